The van der Waals surface area contributed by atoms with Gasteiger partial charge in [-0.3, -0.25) is 9.59 Å². The van der Waals surface area contributed by atoms with Crippen LogP contribution in [0.3, 0.4) is 0 Å². The average molecular weight is 418 g/mol. The van der Waals surface area contributed by atoms with E-state index < -0.39 is 0 Å². The number of carbonyl (C=O) groups excluding carboxylic acids is 2. The lowest BCUT2D eigenvalue weighted by Crippen LogP contribution is -2.51. The molecule has 0 unspecified atom stereocenters. The lowest BCUT2D eigenvalue weighted by atomic mass is 10.1. The summed E-state index contributed by atoms with van der Waals surface area (Å²) in [5, 5.41) is 3.37. The molecule has 1 saturated heterocycles. The maximum Gasteiger partial charge on any atom is 0.255 e. The van der Waals surface area contributed by atoms with Gasteiger partial charge in [0.25, 0.3) is 5.91 Å². The maximum atomic E-state index is 12.5. The SMILES string of the molecule is COc1ccc(OC)c(C(=O)NCC(=O)N2CCN(c3cccc(Cl)c3)CC2)c1. The Morgan fingerprint density at radius 1 is 1.03 bits per heavy atom. The second-order valence-corrected chi connectivity index (χ2v) is 7.03. The number of piperazine rings is 1. The standard InChI is InChI=1S/C21H24ClN3O4/c1-28-17-6-7-19(29-2)18(13-17)21(27)23-14-20(26)25-10-8-24(9-11-25)16-5-3-4-15(22)12-16/h3-7,12-13H,8-11,14H2,1-2H3,(H,23,27). The zero-order chi connectivity index (χ0) is 20.8. The van der Waals surface area contributed by atoms with Crippen LogP contribution >= 0.6 is 11.6 Å². The van der Waals surface area contributed by atoms with Crippen LogP contribution in [0.4, 0.5) is 5.69 Å². The molecule has 1 fully saturated rings. The minimum absolute atomic E-state index is 0.0731. The van der Waals surface area contributed by atoms with E-state index in [9.17, 15) is 9.59 Å². The Balaban J connectivity index is 1.53. The number of rotatable bonds is 6. The number of benzene rings is 2. The molecule has 0 radical (unpaired) electrons. The summed E-state index contributed by atoms with van der Waals surface area (Å²) in [4.78, 5) is 29.0. The fourth-order valence-electron chi connectivity index (χ4n) is 3.24. The van der Waals surface area contributed by atoms with E-state index >= 15 is 0 Å². The van der Waals surface area contributed by atoms with Crippen LogP contribution in [0.2, 0.25) is 5.02 Å². The highest BCUT2D eigenvalue weighted by Gasteiger charge is 2.22. The third kappa shape index (κ3) is 5.12. The van der Waals surface area contributed by atoms with Crippen LogP contribution in [0.1, 0.15) is 10.4 Å². The molecule has 3 rings (SSSR count). The van der Waals surface area contributed by atoms with Crippen molar-refractivity contribution < 1.29 is 19.1 Å². The van der Waals surface area contributed by atoms with Gasteiger partial charge in [-0.25, -0.2) is 0 Å². The van der Waals surface area contributed by atoms with Crippen LogP contribution in [-0.4, -0.2) is 63.7 Å². The Hall–Kier alpha value is -2.93. The summed E-state index contributed by atoms with van der Waals surface area (Å²) in [5.41, 5.74) is 1.37. The maximum absolute atomic E-state index is 12.5. The summed E-state index contributed by atoms with van der Waals surface area (Å²) in [6, 6.07) is 12.6. The van der Waals surface area contributed by atoms with Crippen LogP contribution < -0.4 is 19.7 Å². The second-order valence-electron chi connectivity index (χ2n) is 6.60. The van der Waals surface area contributed by atoms with Gasteiger partial charge in [-0.2, -0.15) is 0 Å². The van der Waals surface area contributed by atoms with Gasteiger partial charge in [0.15, 0.2) is 0 Å². The summed E-state index contributed by atoms with van der Waals surface area (Å²) < 4.78 is 10.4. The van der Waals surface area contributed by atoms with Crippen LogP contribution in [0, 0.1) is 0 Å². The summed E-state index contributed by atoms with van der Waals surface area (Å²) in [7, 11) is 3.01. The molecule has 0 saturated carbocycles. The van der Waals surface area contributed by atoms with E-state index in [4.69, 9.17) is 21.1 Å². The van der Waals surface area contributed by atoms with Gasteiger partial charge in [-0.05, 0) is 36.4 Å². The zero-order valence-corrected chi connectivity index (χ0v) is 17.2. The fraction of sp³-hybridized carbons (Fsp3) is 0.333. The molecule has 2 amide bonds. The summed E-state index contributed by atoms with van der Waals surface area (Å²) in [6.45, 7) is 2.53. The van der Waals surface area contributed by atoms with Crippen molar-refractivity contribution in [2.75, 3.05) is 51.8 Å². The molecule has 2 aromatic rings. The fourth-order valence-corrected chi connectivity index (χ4v) is 3.43. The minimum Gasteiger partial charge on any atom is -0.497 e. The average Bonchev–Trinajstić information content (AvgIpc) is 2.76. The molecular weight excluding hydrogens is 394 g/mol. The lowest BCUT2D eigenvalue weighted by molar-refractivity contribution is -0.130. The normalized spacial score (nSPS) is 13.8. The number of ether oxygens (including phenoxy) is 2. The Labute approximate surface area is 175 Å². The van der Waals surface area contributed by atoms with Crippen molar-refractivity contribution in [2.45, 2.75) is 0 Å². The number of nitrogens with one attached hydrogen (secondary N) is 1. The predicted molar refractivity (Wildman–Crippen MR) is 112 cm³/mol. The third-order valence-corrected chi connectivity index (χ3v) is 5.09. The molecule has 0 bridgehead atoms. The molecular formula is C21H24ClN3O4. The summed E-state index contributed by atoms with van der Waals surface area (Å²) in [6.07, 6.45) is 0. The molecule has 29 heavy (non-hydrogen) atoms. The molecule has 0 aliphatic carbocycles. The van der Waals surface area contributed by atoms with Crippen molar-refractivity contribution in [3.8, 4) is 11.5 Å². The van der Waals surface area contributed by atoms with E-state index in [1.165, 1.54) is 14.2 Å². The smallest absolute Gasteiger partial charge is 0.255 e. The zero-order valence-electron chi connectivity index (χ0n) is 16.5. The van der Waals surface area contributed by atoms with E-state index in [-0.39, 0.29) is 18.4 Å². The van der Waals surface area contributed by atoms with Gasteiger partial charge >= 0.3 is 0 Å². The van der Waals surface area contributed by atoms with E-state index in [0.29, 0.717) is 48.3 Å². The Morgan fingerprint density at radius 3 is 2.45 bits per heavy atom. The van der Waals surface area contributed by atoms with Crippen molar-refractivity contribution in [1.29, 1.82) is 0 Å². The number of carbonyl (C=O) groups is 2. The first-order valence-electron chi connectivity index (χ1n) is 9.30. The highest BCUT2D eigenvalue weighted by atomic mass is 35.5. The number of halogens is 1. The van der Waals surface area contributed by atoms with Crippen LogP contribution in [0.5, 0.6) is 11.5 Å². The quantitative estimate of drug-likeness (QED) is 0.781. The molecule has 0 aromatic heterocycles. The van der Waals surface area contributed by atoms with Gasteiger partial charge in [-0.1, -0.05) is 17.7 Å². The van der Waals surface area contributed by atoms with Crippen molar-refractivity contribution in [3.63, 3.8) is 0 Å². The number of anilines is 1. The number of amides is 2. The molecule has 0 atom stereocenters. The minimum atomic E-state index is -0.383. The predicted octanol–water partition coefficient (Wildman–Crippen LogP) is 2.44. The van der Waals surface area contributed by atoms with Crippen molar-refractivity contribution >= 4 is 29.1 Å². The number of hydrogen-bond acceptors (Lipinski definition) is 5. The number of hydrogen-bond donors (Lipinski definition) is 1. The van der Waals surface area contributed by atoms with Crippen molar-refractivity contribution in [3.05, 3.63) is 53.1 Å². The van der Waals surface area contributed by atoms with Gasteiger partial charge < -0.3 is 24.6 Å². The third-order valence-electron chi connectivity index (χ3n) is 4.86. The van der Waals surface area contributed by atoms with Crippen LogP contribution in [-0.2, 0) is 4.79 Å². The van der Waals surface area contributed by atoms with E-state index in [1.54, 1.807) is 23.1 Å². The Kier molecular flexibility index (Phi) is 6.82. The molecule has 1 N–H and O–H groups in total. The first-order chi connectivity index (χ1) is 14.0. The Morgan fingerprint density at radius 2 is 1.79 bits per heavy atom. The molecule has 1 heterocycles. The van der Waals surface area contributed by atoms with E-state index in [1.807, 2.05) is 24.3 Å². The summed E-state index contributed by atoms with van der Waals surface area (Å²) in [5.74, 6) is 0.461. The van der Waals surface area contributed by atoms with Gasteiger partial charge in [0.05, 0.1) is 26.3 Å². The van der Waals surface area contributed by atoms with Crippen molar-refractivity contribution in [2.24, 2.45) is 0 Å². The van der Waals surface area contributed by atoms with Gasteiger partial charge in [0.2, 0.25) is 5.91 Å². The molecule has 1 aliphatic heterocycles. The van der Waals surface area contributed by atoms with Gasteiger partial charge in [-0.15, -0.1) is 0 Å². The first-order valence-corrected chi connectivity index (χ1v) is 9.68. The number of nitrogens with zero attached hydrogens (tertiary/aromatic N) is 2. The Bertz CT molecular complexity index is 882. The molecule has 2 aromatic carbocycles. The molecule has 0 spiro atoms. The highest BCUT2D eigenvalue weighted by Crippen LogP contribution is 2.24. The molecule has 1 aliphatic rings. The van der Waals surface area contributed by atoms with Crippen LogP contribution in [0.25, 0.3) is 0 Å². The van der Waals surface area contributed by atoms with Crippen molar-refractivity contribution in [1.82, 2.24) is 10.2 Å². The topological polar surface area (TPSA) is 71.1 Å². The molecule has 8 heteroatoms. The first kappa shape index (κ1) is 20.8. The van der Waals surface area contributed by atoms with Gasteiger partial charge in [0.1, 0.15) is 11.5 Å². The molecule has 7 nitrogen and oxygen atoms in total. The highest BCUT2D eigenvalue weighted by molar-refractivity contribution is 6.30. The molecule has 154 valence electrons. The van der Waals surface area contributed by atoms with Gasteiger partial charge in [0, 0.05) is 36.9 Å². The van der Waals surface area contributed by atoms with Crippen LogP contribution in [0.15, 0.2) is 42.5 Å². The van der Waals surface area contributed by atoms with E-state index in [0.717, 1.165) is 5.69 Å². The monoisotopic (exact) mass is 417 g/mol. The lowest BCUT2D eigenvalue weighted by Gasteiger charge is -2.36. The summed E-state index contributed by atoms with van der Waals surface area (Å²) >= 11 is 6.06. The largest absolute Gasteiger partial charge is 0.497 e. The van der Waals surface area contributed by atoms with E-state index in [2.05, 4.69) is 10.2 Å². The number of methoxy groups -OCH3 is 2. The second kappa shape index (κ2) is 9.52.